The van der Waals surface area contributed by atoms with E-state index >= 15 is 0 Å². The van der Waals surface area contributed by atoms with Crippen molar-refractivity contribution in [2.24, 2.45) is 0 Å². The minimum absolute atomic E-state index is 0. The van der Waals surface area contributed by atoms with Gasteiger partial charge in [0, 0.05) is 24.3 Å². The summed E-state index contributed by atoms with van der Waals surface area (Å²) in [6.45, 7) is -1.27. The Morgan fingerprint density at radius 1 is 0.712 bits per heavy atom. The predicted octanol–water partition coefficient (Wildman–Crippen LogP) is -1.29. The van der Waals surface area contributed by atoms with Crippen LogP contribution in [0.4, 0.5) is 46.5 Å². The van der Waals surface area contributed by atoms with Crippen molar-refractivity contribution < 1.29 is 66.6 Å². The number of ether oxygens (including phenoxy) is 2. The topological polar surface area (TPSA) is 255 Å². The first-order valence-electron chi connectivity index (χ1n) is 14.8. The van der Waals surface area contributed by atoms with Gasteiger partial charge in [0.25, 0.3) is 22.9 Å². The Labute approximate surface area is 333 Å². The van der Waals surface area contributed by atoms with Crippen LogP contribution in [-0.2, 0) is 21.9 Å². The SMILES string of the molecule is C.N#CCCl.N#CCN1C(=O)COc2cc(F)c(-n3c(=O)cc(C(F)(F)F)n(N)c3=O)cc21.Nn1c(C(F)(F)F)cc(=O)n(-c2cc3c(cc2F)OCC(=O)N3)c1=O.[Cl-]. The minimum Gasteiger partial charge on any atom is -1.00 e. The van der Waals surface area contributed by atoms with E-state index in [0.717, 1.165) is 29.2 Å². The zero-order valence-electron chi connectivity index (χ0n) is 28.1. The van der Waals surface area contributed by atoms with Gasteiger partial charge in [-0.15, -0.1) is 11.6 Å². The number of carbonyl (C=O) groups excluding carboxylic acids is 2. The smallest absolute Gasteiger partial charge is 0.433 e. The second-order valence-electron chi connectivity index (χ2n) is 10.8. The van der Waals surface area contributed by atoms with Gasteiger partial charge >= 0.3 is 23.7 Å². The van der Waals surface area contributed by atoms with Gasteiger partial charge < -0.3 is 38.9 Å². The van der Waals surface area contributed by atoms with Crippen LogP contribution in [0.2, 0.25) is 0 Å². The quantitative estimate of drug-likeness (QED) is 0.0941. The number of amides is 2. The number of nitrogens with one attached hydrogen (secondary N) is 1. The zero-order valence-corrected chi connectivity index (χ0v) is 29.6. The first kappa shape index (κ1) is 48.1. The molecule has 0 fully saturated rings. The number of hydrogen-bond donors (Lipinski definition) is 3. The van der Waals surface area contributed by atoms with Crippen molar-refractivity contribution in [2.45, 2.75) is 19.8 Å². The van der Waals surface area contributed by atoms with Crippen molar-refractivity contribution in [3.63, 3.8) is 0 Å². The number of nitrogen functional groups attached to an aromatic ring is 2. The Hall–Kier alpha value is -7.06. The van der Waals surface area contributed by atoms with Crippen LogP contribution in [0.15, 0.2) is 55.6 Å². The van der Waals surface area contributed by atoms with Crippen molar-refractivity contribution in [2.75, 3.05) is 47.5 Å². The molecule has 6 rings (SSSR count). The molecule has 4 heterocycles. The number of aromatic nitrogens is 4. The largest absolute Gasteiger partial charge is 1.00 e. The Balaban J connectivity index is 0.000000363. The van der Waals surface area contributed by atoms with Gasteiger partial charge in [0.2, 0.25) is 0 Å². The molecule has 0 saturated heterocycles. The lowest BCUT2D eigenvalue weighted by Crippen LogP contribution is -3.00. The summed E-state index contributed by atoms with van der Waals surface area (Å²) in [5, 5.41) is 18.7. The molecular formula is C31H23Cl2F8N10O8-. The number of halogens is 10. The molecule has 2 aromatic carbocycles. The van der Waals surface area contributed by atoms with Gasteiger partial charge in [0.05, 0.1) is 34.9 Å². The van der Waals surface area contributed by atoms with Crippen LogP contribution in [0, 0.1) is 34.3 Å². The molecule has 2 aromatic heterocycles. The number of fused-ring (bicyclic) bond motifs is 2. The first-order valence-corrected chi connectivity index (χ1v) is 15.4. The Morgan fingerprint density at radius 3 is 1.59 bits per heavy atom. The second-order valence-corrected chi connectivity index (χ2v) is 11.1. The summed E-state index contributed by atoms with van der Waals surface area (Å²) in [4.78, 5) is 72.5. The van der Waals surface area contributed by atoms with E-state index in [1.807, 2.05) is 0 Å². The van der Waals surface area contributed by atoms with Crippen LogP contribution in [0.1, 0.15) is 18.8 Å². The summed E-state index contributed by atoms with van der Waals surface area (Å²) in [6, 6.07) is 6.77. The summed E-state index contributed by atoms with van der Waals surface area (Å²) in [6.07, 6.45) is -10.1. The van der Waals surface area contributed by atoms with Crippen LogP contribution in [0.25, 0.3) is 11.4 Å². The van der Waals surface area contributed by atoms with Gasteiger partial charge in [0.15, 0.2) is 36.2 Å². The van der Waals surface area contributed by atoms with Crippen LogP contribution in [0.5, 0.6) is 11.5 Å². The van der Waals surface area contributed by atoms with Gasteiger partial charge in [-0.25, -0.2) is 36.9 Å². The summed E-state index contributed by atoms with van der Waals surface area (Å²) in [5.41, 5.74) is -11.2. The third-order valence-corrected chi connectivity index (χ3v) is 7.40. The van der Waals surface area contributed by atoms with Crippen LogP contribution < -0.4 is 66.3 Å². The lowest BCUT2D eigenvalue weighted by atomic mass is 10.2. The molecular weight excluding hydrogens is 863 g/mol. The maximum absolute atomic E-state index is 14.5. The summed E-state index contributed by atoms with van der Waals surface area (Å²) in [5.74, 6) is 6.57. The lowest BCUT2D eigenvalue weighted by Gasteiger charge is -2.28. The van der Waals surface area contributed by atoms with Gasteiger partial charge in [-0.3, -0.25) is 24.1 Å². The fourth-order valence-corrected chi connectivity index (χ4v) is 4.88. The van der Waals surface area contributed by atoms with Gasteiger partial charge in [0.1, 0.15) is 23.9 Å². The van der Waals surface area contributed by atoms with Gasteiger partial charge in [-0.1, -0.05) is 7.43 Å². The molecule has 316 valence electrons. The molecule has 0 spiro atoms. The molecule has 0 atom stereocenters. The van der Waals surface area contributed by atoms with E-state index in [-0.39, 0.29) is 85.8 Å². The highest BCUT2D eigenvalue weighted by Crippen LogP contribution is 2.36. The molecule has 28 heteroatoms. The van der Waals surface area contributed by atoms with E-state index in [9.17, 15) is 63.9 Å². The highest BCUT2D eigenvalue weighted by molar-refractivity contribution is 6.19. The molecule has 0 unspecified atom stereocenters. The van der Waals surface area contributed by atoms with Gasteiger partial charge in [-0.05, 0) is 12.1 Å². The summed E-state index contributed by atoms with van der Waals surface area (Å²) >= 11 is 4.82. The fraction of sp³-hybridized carbons (Fsp3) is 0.226. The number of benzene rings is 2. The third kappa shape index (κ3) is 9.91. The van der Waals surface area contributed by atoms with Gasteiger partial charge in [-0.2, -0.15) is 36.9 Å². The van der Waals surface area contributed by atoms with Crippen molar-refractivity contribution in [3.05, 3.63) is 101 Å². The molecule has 2 aliphatic rings. The second kappa shape index (κ2) is 18.5. The molecule has 2 amide bonds. The van der Waals surface area contributed by atoms with E-state index in [0.29, 0.717) is 0 Å². The van der Waals surface area contributed by atoms with Crippen molar-refractivity contribution in [3.8, 4) is 35.0 Å². The van der Waals surface area contributed by atoms with E-state index < -0.39 is 94.2 Å². The highest BCUT2D eigenvalue weighted by Gasteiger charge is 2.37. The summed E-state index contributed by atoms with van der Waals surface area (Å²) in [7, 11) is 0. The fourth-order valence-electron chi connectivity index (χ4n) is 4.88. The average Bonchev–Trinajstić information content (AvgIpc) is 3.13. The Kier molecular flexibility index (Phi) is 15.1. The number of alkyl halides is 7. The number of nitrogens with two attached hydrogens (primary N) is 2. The van der Waals surface area contributed by atoms with E-state index in [1.54, 1.807) is 12.1 Å². The van der Waals surface area contributed by atoms with E-state index in [4.69, 9.17) is 43.3 Å². The molecule has 5 N–H and O–H groups in total. The standard InChI is InChI=1S/C15H9F4N5O4.C13H8F4N4O4.C2H2ClN.CH4.ClH/c16-7-3-10-9(22(2-1-20)13(26)6-28-10)4-8(7)23-12(25)5-11(15(17,18)19)24(21)14(23)27;14-5-1-8-6(19-10(22)4-25-8)2-7(5)20-11(23)3-9(13(15,16)17)21(18)12(20)24;3-1-2-4;;/h3-5H,2,6,21H2;1-3H,4,18H2,(H,19,22);1H2;1H4;1H/p-1. The van der Waals surface area contributed by atoms with Crippen molar-refractivity contribution >= 4 is 34.8 Å². The maximum Gasteiger partial charge on any atom is 0.433 e. The van der Waals surface area contributed by atoms with E-state index in [2.05, 4.69) is 5.32 Å². The molecule has 0 bridgehead atoms. The maximum atomic E-state index is 14.5. The lowest BCUT2D eigenvalue weighted by molar-refractivity contribution is -0.144. The average molecular weight is 886 g/mol. The molecule has 0 aliphatic carbocycles. The Bertz CT molecular complexity index is 2630. The summed E-state index contributed by atoms with van der Waals surface area (Å²) < 4.78 is 115. The minimum atomic E-state index is -5.09. The normalized spacial score (nSPS) is 12.7. The monoisotopic (exact) mass is 885 g/mol. The number of rotatable bonds is 3. The van der Waals surface area contributed by atoms with E-state index in [1.165, 1.54) is 0 Å². The van der Waals surface area contributed by atoms with Crippen molar-refractivity contribution in [1.29, 1.82) is 10.5 Å². The molecule has 0 saturated carbocycles. The third-order valence-electron chi connectivity index (χ3n) is 7.28. The predicted molar refractivity (Wildman–Crippen MR) is 183 cm³/mol. The highest BCUT2D eigenvalue weighted by atomic mass is 35.5. The number of nitrogens with zero attached hydrogens (tertiary/aromatic N) is 7. The molecule has 59 heavy (non-hydrogen) atoms. The molecule has 2 aliphatic heterocycles. The Morgan fingerprint density at radius 2 is 1.15 bits per heavy atom. The molecule has 0 radical (unpaired) electrons. The first-order chi connectivity index (χ1) is 26.6. The number of anilines is 2. The van der Waals surface area contributed by atoms with Crippen LogP contribution in [-0.4, -0.2) is 55.9 Å². The number of nitriles is 2. The molecule has 4 aromatic rings. The number of carbonyl (C=O) groups is 2. The van der Waals surface area contributed by atoms with Crippen LogP contribution in [0.3, 0.4) is 0 Å². The zero-order chi connectivity index (χ0) is 42.7. The molecule has 18 nitrogen and oxygen atoms in total. The number of hydrogen-bond acceptors (Lipinski definition) is 12. The van der Waals surface area contributed by atoms with Crippen molar-refractivity contribution in [1.82, 2.24) is 18.5 Å². The van der Waals surface area contributed by atoms with Crippen LogP contribution >= 0.6 is 11.6 Å².